The molecular weight excluding hydrogens is 317 g/mol. The molecule has 1 heterocycles. The lowest BCUT2D eigenvalue weighted by Crippen LogP contribution is -2.25. The number of furan rings is 1. The van der Waals surface area contributed by atoms with E-state index in [1.54, 1.807) is 18.2 Å². The Hall–Kier alpha value is -1.98. The van der Waals surface area contributed by atoms with Gasteiger partial charge in [-0.2, -0.15) is 0 Å². The lowest BCUT2D eigenvalue weighted by Gasteiger charge is -2.06. The fourth-order valence-corrected chi connectivity index (χ4v) is 2.20. The summed E-state index contributed by atoms with van der Waals surface area (Å²) in [7, 11) is 0. The first-order valence-corrected chi connectivity index (χ1v) is 6.78. The zero-order chi connectivity index (χ0) is 15.4. The van der Waals surface area contributed by atoms with Crippen molar-refractivity contribution in [1.82, 2.24) is 5.32 Å². The molecule has 1 aromatic carbocycles. The number of carbonyl (C=O) groups is 2. The lowest BCUT2D eigenvalue weighted by molar-refractivity contribution is 0.0659. The summed E-state index contributed by atoms with van der Waals surface area (Å²) in [5.41, 5.74) is 0.854. The average molecular weight is 328 g/mol. The number of carbonyl (C=O) groups excluding carboxylic acids is 1. The van der Waals surface area contributed by atoms with Crippen LogP contribution in [0.15, 0.2) is 34.7 Å². The van der Waals surface area contributed by atoms with Crippen molar-refractivity contribution in [2.24, 2.45) is 0 Å². The summed E-state index contributed by atoms with van der Waals surface area (Å²) in [5.74, 6) is -2.02. The average Bonchev–Trinajstić information content (AvgIpc) is 2.91. The normalized spacial score (nSPS) is 10.4. The fourth-order valence-electron chi connectivity index (χ4n) is 1.70. The number of nitrogens with one attached hydrogen (secondary N) is 1. The van der Waals surface area contributed by atoms with Crippen molar-refractivity contribution >= 4 is 35.1 Å². The minimum atomic E-state index is -1.22. The highest BCUT2D eigenvalue weighted by molar-refractivity contribution is 6.35. The van der Waals surface area contributed by atoms with Crippen molar-refractivity contribution in [3.05, 3.63) is 57.5 Å². The van der Waals surface area contributed by atoms with E-state index in [4.69, 9.17) is 32.7 Å². The number of carboxylic acid groups (broad SMARTS) is 1. The molecule has 0 aliphatic carbocycles. The van der Waals surface area contributed by atoms with Crippen LogP contribution >= 0.6 is 23.2 Å². The molecule has 2 aromatic rings. The maximum Gasteiger partial charge on any atom is 0.371 e. The zero-order valence-corrected chi connectivity index (χ0v) is 12.2. The zero-order valence-electron chi connectivity index (χ0n) is 10.7. The van der Waals surface area contributed by atoms with Gasteiger partial charge >= 0.3 is 5.97 Å². The van der Waals surface area contributed by atoms with Crippen LogP contribution in [0.4, 0.5) is 0 Å². The van der Waals surface area contributed by atoms with Gasteiger partial charge in [-0.25, -0.2) is 4.79 Å². The third-order valence-electron chi connectivity index (χ3n) is 2.74. The van der Waals surface area contributed by atoms with Crippen LogP contribution in [0.1, 0.15) is 26.7 Å². The molecule has 2 rings (SSSR count). The summed E-state index contributed by atoms with van der Waals surface area (Å²) in [5, 5.41) is 12.4. The SMILES string of the molecule is O=C(O)c1ccc(C(=O)NCCc2ccc(Cl)cc2Cl)o1. The van der Waals surface area contributed by atoms with E-state index in [0.717, 1.165) is 5.56 Å². The maximum atomic E-state index is 11.8. The lowest BCUT2D eigenvalue weighted by atomic mass is 10.1. The van der Waals surface area contributed by atoms with Gasteiger partial charge in [-0.3, -0.25) is 4.79 Å². The Labute approximate surface area is 130 Å². The third-order valence-corrected chi connectivity index (χ3v) is 3.32. The van der Waals surface area contributed by atoms with Crippen LogP contribution in [0.25, 0.3) is 0 Å². The molecule has 5 nitrogen and oxygen atoms in total. The van der Waals surface area contributed by atoms with Gasteiger partial charge < -0.3 is 14.8 Å². The maximum absolute atomic E-state index is 11.8. The summed E-state index contributed by atoms with van der Waals surface area (Å²) < 4.78 is 4.89. The molecule has 0 unspecified atom stereocenters. The summed E-state index contributed by atoms with van der Waals surface area (Å²) in [4.78, 5) is 22.4. The van der Waals surface area contributed by atoms with E-state index in [1.807, 2.05) is 0 Å². The van der Waals surface area contributed by atoms with Crippen molar-refractivity contribution in [2.75, 3.05) is 6.54 Å². The van der Waals surface area contributed by atoms with Crippen molar-refractivity contribution in [1.29, 1.82) is 0 Å². The van der Waals surface area contributed by atoms with E-state index >= 15 is 0 Å². The molecule has 0 fully saturated rings. The molecule has 0 aliphatic rings. The highest BCUT2D eigenvalue weighted by Gasteiger charge is 2.14. The number of hydrogen-bond acceptors (Lipinski definition) is 3. The van der Waals surface area contributed by atoms with Crippen LogP contribution in [0.3, 0.4) is 0 Å². The number of rotatable bonds is 5. The van der Waals surface area contributed by atoms with Gasteiger partial charge in [-0.05, 0) is 36.2 Å². The van der Waals surface area contributed by atoms with Crippen LogP contribution in [0.5, 0.6) is 0 Å². The Kier molecular flexibility index (Phi) is 4.88. The summed E-state index contributed by atoms with van der Waals surface area (Å²) in [6, 6.07) is 7.68. The molecule has 1 amide bonds. The first-order chi connectivity index (χ1) is 9.97. The second-order valence-electron chi connectivity index (χ2n) is 4.21. The van der Waals surface area contributed by atoms with Crippen molar-refractivity contribution in [3.63, 3.8) is 0 Å². The quantitative estimate of drug-likeness (QED) is 0.883. The Balaban J connectivity index is 1.90. The number of benzene rings is 1. The Morgan fingerprint density at radius 3 is 2.48 bits per heavy atom. The summed E-state index contributed by atoms with van der Waals surface area (Å²) in [6.07, 6.45) is 0.522. The molecule has 0 atom stereocenters. The van der Waals surface area contributed by atoms with Crippen LogP contribution in [0.2, 0.25) is 10.0 Å². The van der Waals surface area contributed by atoms with Crippen LogP contribution in [-0.4, -0.2) is 23.5 Å². The molecule has 110 valence electrons. The van der Waals surface area contributed by atoms with E-state index < -0.39 is 11.9 Å². The van der Waals surface area contributed by atoms with Gasteiger partial charge in [0.2, 0.25) is 5.76 Å². The summed E-state index contributed by atoms with van der Waals surface area (Å²) in [6.45, 7) is 0.337. The van der Waals surface area contributed by atoms with E-state index in [1.165, 1.54) is 12.1 Å². The molecule has 0 saturated carbocycles. The molecule has 0 radical (unpaired) electrons. The van der Waals surface area contributed by atoms with Crippen LogP contribution in [-0.2, 0) is 6.42 Å². The Morgan fingerprint density at radius 1 is 1.14 bits per heavy atom. The molecule has 0 bridgehead atoms. The van der Waals surface area contributed by atoms with E-state index in [9.17, 15) is 9.59 Å². The van der Waals surface area contributed by atoms with Gasteiger partial charge in [-0.1, -0.05) is 29.3 Å². The predicted octanol–water partition coefficient (Wildman–Crippen LogP) is 3.26. The van der Waals surface area contributed by atoms with Gasteiger partial charge in [0.15, 0.2) is 5.76 Å². The first-order valence-electron chi connectivity index (χ1n) is 6.02. The van der Waals surface area contributed by atoms with Crippen molar-refractivity contribution < 1.29 is 19.1 Å². The number of carboxylic acids is 1. The van der Waals surface area contributed by atoms with Crippen molar-refractivity contribution in [3.8, 4) is 0 Å². The molecule has 1 aromatic heterocycles. The smallest absolute Gasteiger partial charge is 0.371 e. The molecule has 7 heteroatoms. The first kappa shape index (κ1) is 15.4. The van der Waals surface area contributed by atoms with Crippen molar-refractivity contribution in [2.45, 2.75) is 6.42 Å². The number of halogens is 2. The molecule has 21 heavy (non-hydrogen) atoms. The molecule has 0 aliphatic heterocycles. The highest BCUT2D eigenvalue weighted by atomic mass is 35.5. The van der Waals surface area contributed by atoms with Gasteiger partial charge in [-0.15, -0.1) is 0 Å². The van der Waals surface area contributed by atoms with E-state index in [2.05, 4.69) is 5.32 Å². The number of amides is 1. The third kappa shape index (κ3) is 4.00. The second kappa shape index (κ2) is 6.65. The minimum absolute atomic E-state index is 0.0467. The Bertz CT molecular complexity index is 681. The topological polar surface area (TPSA) is 79.5 Å². The summed E-state index contributed by atoms with van der Waals surface area (Å²) >= 11 is 11.8. The van der Waals surface area contributed by atoms with E-state index in [-0.39, 0.29) is 11.5 Å². The largest absolute Gasteiger partial charge is 0.475 e. The minimum Gasteiger partial charge on any atom is -0.475 e. The molecule has 2 N–H and O–H groups in total. The highest BCUT2D eigenvalue weighted by Crippen LogP contribution is 2.21. The molecule has 0 spiro atoms. The standard InChI is InChI=1S/C14H11Cl2NO4/c15-9-2-1-8(10(16)7-9)5-6-17-13(18)11-3-4-12(21-11)14(19)20/h1-4,7H,5-6H2,(H,17,18)(H,19,20). The monoisotopic (exact) mass is 327 g/mol. The van der Waals surface area contributed by atoms with Crippen LogP contribution < -0.4 is 5.32 Å². The predicted molar refractivity (Wildman–Crippen MR) is 78.2 cm³/mol. The number of aromatic carboxylic acids is 1. The van der Waals surface area contributed by atoms with Crippen LogP contribution in [0, 0.1) is 0 Å². The molecular formula is C14H11Cl2NO4. The second-order valence-corrected chi connectivity index (χ2v) is 5.05. The van der Waals surface area contributed by atoms with Gasteiger partial charge in [0.25, 0.3) is 5.91 Å². The molecule has 0 saturated heterocycles. The van der Waals surface area contributed by atoms with Gasteiger partial charge in [0.05, 0.1) is 0 Å². The fraction of sp³-hybridized carbons (Fsp3) is 0.143. The van der Waals surface area contributed by atoms with E-state index in [0.29, 0.717) is 23.0 Å². The number of hydrogen-bond donors (Lipinski definition) is 2. The Morgan fingerprint density at radius 2 is 1.86 bits per heavy atom. The van der Waals surface area contributed by atoms with Gasteiger partial charge in [0.1, 0.15) is 0 Å². The van der Waals surface area contributed by atoms with Gasteiger partial charge in [0, 0.05) is 16.6 Å².